The van der Waals surface area contributed by atoms with Crippen LogP contribution in [0.15, 0.2) is 83.2 Å². The summed E-state index contributed by atoms with van der Waals surface area (Å²) in [6.45, 7) is 2.13. The third-order valence-electron chi connectivity index (χ3n) is 4.38. The summed E-state index contributed by atoms with van der Waals surface area (Å²) in [6, 6.07) is 23.4. The molecule has 5 nitrogen and oxygen atoms in total. The number of hydrogen-bond donors (Lipinski definition) is 0. The van der Waals surface area contributed by atoms with Crippen molar-refractivity contribution >= 4 is 17.2 Å². The van der Waals surface area contributed by atoms with E-state index < -0.39 is 0 Å². The lowest BCUT2D eigenvalue weighted by atomic mass is 10.1. The third kappa shape index (κ3) is 3.33. The van der Waals surface area contributed by atoms with Crippen molar-refractivity contribution < 1.29 is 0 Å². The van der Waals surface area contributed by atoms with Gasteiger partial charge in [0.15, 0.2) is 5.82 Å². The van der Waals surface area contributed by atoms with E-state index in [1.807, 2.05) is 34.9 Å². The van der Waals surface area contributed by atoms with Gasteiger partial charge in [-0.1, -0.05) is 43.3 Å². The fourth-order valence-corrected chi connectivity index (χ4v) is 2.91. The van der Waals surface area contributed by atoms with Crippen molar-refractivity contribution in [2.24, 2.45) is 10.2 Å². The Morgan fingerprint density at radius 2 is 1.85 bits per heavy atom. The molecule has 0 aliphatic heterocycles. The lowest BCUT2D eigenvalue weighted by Crippen LogP contribution is -1.83. The van der Waals surface area contributed by atoms with Crippen LogP contribution in [-0.4, -0.2) is 9.38 Å². The van der Waals surface area contributed by atoms with Crippen LogP contribution < -0.4 is 0 Å². The Balaban J connectivity index is 1.82. The van der Waals surface area contributed by atoms with E-state index in [9.17, 15) is 0 Å². The van der Waals surface area contributed by atoms with Crippen LogP contribution in [0.1, 0.15) is 18.1 Å². The zero-order valence-electron chi connectivity index (χ0n) is 14.9. The number of hydrogen-bond acceptors (Lipinski definition) is 4. The SMILES string of the molecule is CCc1ccc(-c2nc3ccccn3c2N=Nc2cccc(C#N)c2)cc1. The molecule has 0 N–H and O–H groups in total. The highest BCUT2D eigenvalue weighted by Gasteiger charge is 2.13. The molecule has 2 heterocycles. The van der Waals surface area contributed by atoms with Crippen molar-refractivity contribution in [2.75, 3.05) is 0 Å². The maximum Gasteiger partial charge on any atom is 0.187 e. The van der Waals surface area contributed by atoms with Gasteiger partial charge in [-0.25, -0.2) is 4.98 Å². The standard InChI is InChI=1S/C22H17N5/c1-2-16-9-11-18(12-10-16)21-22(27-13-4-3-8-20(27)24-21)26-25-19-7-5-6-17(14-19)15-23/h3-14H,2H2,1H3. The Bertz CT molecular complexity index is 1160. The molecule has 0 amide bonds. The normalized spacial score (nSPS) is 11.1. The van der Waals surface area contributed by atoms with Crippen LogP contribution in [0.2, 0.25) is 0 Å². The Hall–Kier alpha value is -3.78. The zero-order valence-corrected chi connectivity index (χ0v) is 14.9. The third-order valence-corrected chi connectivity index (χ3v) is 4.38. The van der Waals surface area contributed by atoms with Crippen molar-refractivity contribution in [3.8, 4) is 17.3 Å². The summed E-state index contributed by atoms with van der Waals surface area (Å²) in [5.74, 6) is 0.664. The molecule has 0 saturated heterocycles. The fourth-order valence-electron chi connectivity index (χ4n) is 2.91. The summed E-state index contributed by atoms with van der Waals surface area (Å²) in [6.07, 6.45) is 2.92. The van der Waals surface area contributed by atoms with Gasteiger partial charge in [0.05, 0.1) is 17.3 Å². The summed E-state index contributed by atoms with van der Waals surface area (Å²) >= 11 is 0. The van der Waals surface area contributed by atoms with Crippen LogP contribution in [0, 0.1) is 11.3 Å². The number of aromatic nitrogens is 2. The first kappa shape index (κ1) is 16.7. The molecule has 0 radical (unpaired) electrons. The van der Waals surface area contributed by atoms with Crippen LogP contribution in [0.25, 0.3) is 16.9 Å². The number of pyridine rings is 1. The molecule has 0 saturated carbocycles. The molecular formula is C22H17N5. The van der Waals surface area contributed by atoms with Gasteiger partial charge in [-0.2, -0.15) is 5.26 Å². The summed E-state index contributed by atoms with van der Waals surface area (Å²) in [7, 11) is 0. The van der Waals surface area contributed by atoms with Crippen LogP contribution in [0.3, 0.4) is 0 Å². The molecule has 130 valence electrons. The van der Waals surface area contributed by atoms with Crippen molar-refractivity contribution in [1.29, 1.82) is 5.26 Å². The summed E-state index contributed by atoms with van der Waals surface area (Å²) in [5, 5.41) is 17.9. The number of benzene rings is 2. The monoisotopic (exact) mass is 351 g/mol. The minimum Gasteiger partial charge on any atom is -0.283 e. The molecule has 0 aliphatic rings. The average Bonchev–Trinajstić information content (AvgIpc) is 3.11. The van der Waals surface area contributed by atoms with Crippen molar-refractivity contribution in [3.63, 3.8) is 0 Å². The molecule has 0 spiro atoms. The topological polar surface area (TPSA) is 65.8 Å². The van der Waals surface area contributed by atoms with E-state index in [1.165, 1.54) is 5.56 Å². The zero-order chi connectivity index (χ0) is 18.6. The highest BCUT2D eigenvalue weighted by atomic mass is 15.2. The number of imidazole rings is 1. The van der Waals surface area contributed by atoms with Gasteiger partial charge < -0.3 is 0 Å². The Morgan fingerprint density at radius 1 is 1.00 bits per heavy atom. The first-order chi connectivity index (χ1) is 13.3. The minimum atomic E-state index is 0.556. The van der Waals surface area contributed by atoms with Gasteiger partial charge in [-0.15, -0.1) is 10.2 Å². The molecule has 0 unspecified atom stereocenters. The van der Waals surface area contributed by atoms with E-state index in [-0.39, 0.29) is 0 Å². The molecule has 0 bridgehead atoms. The highest BCUT2D eigenvalue weighted by Crippen LogP contribution is 2.32. The molecule has 27 heavy (non-hydrogen) atoms. The number of azo groups is 1. The Labute approximate surface area is 157 Å². The first-order valence-electron chi connectivity index (χ1n) is 8.77. The number of nitriles is 1. The Kier molecular flexibility index (Phi) is 4.46. The lowest BCUT2D eigenvalue weighted by molar-refractivity contribution is 1.10. The molecular weight excluding hydrogens is 334 g/mol. The highest BCUT2D eigenvalue weighted by molar-refractivity contribution is 5.74. The average molecular weight is 351 g/mol. The first-order valence-corrected chi connectivity index (χ1v) is 8.77. The molecule has 5 heteroatoms. The van der Waals surface area contributed by atoms with Crippen LogP contribution in [-0.2, 0) is 6.42 Å². The molecule has 0 atom stereocenters. The molecule has 2 aromatic carbocycles. The Morgan fingerprint density at radius 3 is 2.63 bits per heavy atom. The van der Waals surface area contributed by atoms with E-state index in [4.69, 9.17) is 10.2 Å². The minimum absolute atomic E-state index is 0.556. The van der Waals surface area contributed by atoms with E-state index in [1.54, 1.807) is 18.2 Å². The van der Waals surface area contributed by atoms with Crippen LogP contribution in [0.4, 0.5) is 11.5 Å². The molecule has 4 rings (SSSR count). The maximum absolute atomic E-state index is 9.05. The fraction of sp³-hybridized carbons (Fsp3) is 0.0909. The second-order valence-corrected chi connectivity index (χ2v) is 6.13. The second kappa shape index (κ2) is 7.22. The van der Waals surface area contributed by atoms with Crippen LogP contribution >= 0.6 is 0 Å². The van der Waals surface area contributed by atoms with Gasteiger partial charge in [0.2, 0.25) is 0 Å². The van der Waals surface area contributed by atoms with Gasteiger partial charge in [0.1, 0.15) is 11.3 Å². The number of aryl methyl sites for hydroxylation is 1. The van der Waals surface area contributed by atoms with E-state index in [0.717, 1.165) is 23.3 Å². The summed E-state index contributed by atoms with van der Waals surface area (Å²) in [5.41, 5.74) is 5.05. The number of fused-ring (bicyclic) bond motifs is 1. The van der Waals surface area contributed by atoms with E-state index in [0.29, 0.717) is 17.1 Å². The quantitative estimate of drug-likeness (QED) is 0.433. The van der Waals surface area contributed by atoms with Crippen molar-refractivity contribution in [2.45, 2.75) is 13.3 Å². The van der Waals surface area contributed by atoms with Gasteiger partial charge in [-0.3, -0.25) is 4.40 Å². The summed E-state index contributed by atoms with van der Waals surface area (Å²) in [4.78, 5) is 4.74. The predicted octanol–water partition coefficient (Wildman–Crippen LogP) is 5.85. The number of nitrogens with zero attached hydrogens (tertiary/aromatic N) is 5. The van der Waals surface area contributed by atoms with Gasteiger partial charge in [-0.05, 0) is 42.3 Å². The molecule has 2 aromatic heterocycles. The van der Waals surface area contributed by atoms with Crippen molar-refractivity contribution in [3.05, 3.63) is 84.1 Å². The predicted molar refractivity (Wildman–Crippen MR) is 105 cm³/mol. The lowest BCUT2D eigenvalue weighted by Gasteiger charge is -2.01. The molecule has 0 fully saturated rings. The van der Waals surface area contributed by atoms with E-state index >= 15 is 0 Å². The van der Waals surface area contributed by atoms with Gasteiger partial charge in [0.25, 0.3) is 0 Å². The molecule has 4 aromatic rings. The van der Waals surface area contributed by atoms with E-state index in [2.05, 4.69) is 47.5 Å². The molecule has 0 aliphatic carbocycles. The number of rotatable bonds is 4. The second-order valence-electron chi connectivity index (χ2n) is 6.13. The summed E-state index contributed by atoms with van der Waals surface area (Å²) < 4.78 is 1.92. The van der Waals surface area contributed by atoms with Crippen LogP contribution in [0.5, 0.6) is 0 Å². The smallest absolute Gasteiger partial charge is 0.187 e. The van der Waals surface area contributed by atoms with Gasteiger partial charge in [0, 0.05) is 11.8 Å². The van der Waals surface area contributed by atoms with Gasteiger partial charge >= 0.3 is 0 Å². The van der Waals surface area contributed by atoms with Crippen molar-refractivity contribution in [1.82, 2.24) is 9.38 Å². The largest absolute Gasteiger partial charge is 0.283 e. The maximum atomic E-state index is 9.05.